The SMILES string of the molecule is CN1c2ccc[c-]c2C2=Cc3cc(Br)ccc3C21.[Cl][Zr][Cl].[SH-].[c-]1cccc2c1C=CC2. The first-order chi connectivity index (χ1) is 14.6. The summed E-state index contributed by atoms with van der Waals surface area (Å²) in [6, 6.07) is 25.8. The van der Waals surface area contributed by atoms with Crippen molar-refractivity contribution in [1.82, 2.24) is 0 Å². The number of anilines is 1. The molecule has 1 atom stereocenters. The molecule has 0 aromatic heterocycles. The second-order valence-electron chi connectivity index (χ2n) is 7.10. The summed E-state index contributed by atoms with van der Waals surface area (Å²) in [5.74, 6) is 0. The molecule has 0 fully saturated rings. The molecule has 0 saturated heterocycles. The molecule has 1 heterocycles. The van der Waals surface area contributed by atoms with Crippen molar-refractivity contribution in [2.24, 2.45) is 0 Å². The molecule has 6 heteroatoms. The van der Waals surface area contributed by atoms with E-state index in [-0.39, 0.29) is 13.5 Å². The minimum absolute atomic E-state index is 0. The number of hydrogen-bond acceptors (Lipinski definition) is 2. The molecule has 1 aliphatic heterocycles. The van der Waals surface area contributed by atoms with Crippen LogP contribution in [0.5, 0.6) is 0 Å². The average Bonchev–Trinajstić information content (AvgIpc) is 3.44. The number of hydrogen-bond donors (Lipinski definition) is 0. The summed E-state index contributed by atoms with van der Waals surface area (Å²) < 4.78 is 1.14. The van der Waals surface area contributed by atoms with E-state index in [1.54, 1.807) is 0 Å². The number of halogens is 3. The third-order valence-corrected chi connectivity index (χ3v) is 5.93. The fraction of sp³-hybridized carbons (Fsp3) is 0.120. The van der Waals surface area contributed by atoms with Crippen LogP contribution in [0.1, 0.15) is 33.9 Å². The van der Waals surface area contributed by atoms with Crippen LogP contribution in [-0.4, -0.2) is 7.05 Å². The Labute approximate surface area is 218 Å². The zero-order chi connectivity index (χ0) is 21.1. The van der Waals surface area contributed by atoms with Crippen LogP contribution in [-0.2, 0) is 40.8 Å². The Morgan fingerprint density at radius 3 is 2.61 bits per heavy atom. The van der Waals surface area contributed by atoms with E-state index in [4.69, 9.17) is 17.0 Å². The first kappa shape index (κ1) is 24.9. The molecule has 2 aliphatic carbocycles. The summed E-state index contributed by atoms with van der Waals surface area (Å²) in [6.45, 7) is 0. The zero-order valence-corrected chi connectivity index (χ0v) is 23.2. The largest absolute Gasteiger partial charge is 0.813 e. The predicted octanol–water partition coefficient (Wildman–Crippen LogP) is 7.46. The Morgan fingerprint density at radius 1 is 1.10 bits per heavy atom. The maximum atomic E-state index is 4.93. The third kappa shape index (κ3) is 5.25. The molecular weight excluding hydrogens is 588 g/mol. The maximum Gasteiger partial charge on any atom is -0.0528 e. The molecule has 31 heavy (non-hydrogen) atoms. The number of allylic oxidation sites excluding steroid dienone is 1. The summed E-state index contributed by atoms with van der Waals surface area (Å²) in [5, 5.41) is 0. The van der Waals surface area contributed by atoms with Crippen molar-refractivity contribution in [1.29, 1.82) is 0 Å². The summed E-state index contributed by atoms with van der Waals surface area (Å²) >= 11 is 2.72. The van der Waals surface area contributed by atoms with Crippen molar-refractivity contribution in [2.45, 2.75) is 12.5 Å². The summed E-state index contributed by atoms with van der Waals surface area (Å²) in [6.07, 6.45) is 7.67. The van der Waals surface area contributed by atoms with Crippen molar-refractivity contribution in [3.8, 4) is 0 Å². The van der Waals surface area contributed by atoms with Gasteiger partial charge in [0.2, 0.25) is 0 Å². The first-order valence-electron chi connectivity index (χ1n) is 9.51. The molecule has 0 amide bonds. The second-order valence-corrected chi connectivity index (χ2v) is 11.8. The van der Waals surface area contributed by atoms with Gasteiger partial charge in [-0.25, -0.2) is 0 Å². The van der Waals surface area contributed by atoms with Crippen LogP contribution < -0.4 is 4.90 Å². The number of likely N-dealkylation sites (N-methyl/N-ethyl adjacent to an activating group) is 1. The Bertz CT molecular complexity index is 1130. The summed E-state index contributed by atoms with van der Waals surface area (Å²) in [4.78, 5) is 2.34. The molecule has 0 spiro atoms. The molecule has 0 N–H and O–H groups in total. The van der Waals surface area contributed by atoms with E-state index in [9.17, 15) is 0 Å². The van der Waals surface area contributed by atoms with Crippen LogP contribution in [0.15, 0.2) is 65.1 Å². The van der Waals surface area contributed by atoms with Gasteiger partial charge in [-0.2, -0.15) is 0 Å². The molecule has 3 aromatic rings. The van der Waals surface area contributed by atoms with Crippen molar-refractivity contribution < 1.29 is 20.8 Å². The Balaban J connectivity index is 0.000000177. The van der Waals surface area contributed by atoms with Crippen LogP contribution in [0.2, 0.25) is 0 Å². The van der Waals surface area contributed by atoms with E-state index in [1.807, 2.05) is 18.2 Å². The van der Waals surface area contributed by atoms with Crippen LogP contribution in [0, 0.1) is 12.1 Å². The normalized spacial score (nSPS) is 15.7. The smallest absolute Gasteiger partial charge is 0.0528 e. The van der Waals surface area contributed by atoms with E-state index < -0.39 is 20.8 Å². The molecule has 0 bridgehead atoms. The standard InChI is InChI=1S/C16H11BrN.C9H7.2ClH.H2S.Zr/c1-18-15-5-3-2-4-13(15)14-9-10-8-11(17)6-7-12(10)16(14)18;1-2-5-9-7-3-6-8(9)4-1;;;;/h2-3,5-9,16H,1H3;1-4,7H,6H2;2*1H;1H2;/q2*-1;;;;+2/p-3. The van der Waals surface area contributed by atoms with Gasteiger partial charge in [-0.1, -0.05) is 40.1 Å². The van der Waals surface area contributed by atoms with Gasteiger partial charge >= 0.3 is 37.9 Å². The fourth-order valence-electron chi connectivity index (χ4n) is 4.17. The Hall–Kier alpha value is -0.767. The summed E-state index contributed by atoms with van der Waals surface area (Å²) in [5.41, 5.74) is 9.27. The molecule has 3 aromatic carbocycles. The predicted molar refractivity (Wildman–Crippen MR) is 137 cm³/mol. The van der Waals surface area contributed by atoms with Gasteiger partial charge in [0.25, 0.3) is 0 Å². The minimum Gasteiger partial charge on any atom is -0.813 e. The van der Waals surface area contributed by atoms with Crippen molar-refractivity contribution >= 4 is 69.9 Å². The van der Waals surface area contributed by atoms with Gasteiger partial charge in [-0.3, -0.25) is 0 Å². The van der Waals surface area contributed by atoms with E-state index >= 15 is 0 Å². The molecule has 3 aliphatic rings. The summed E-state index contributed by atoms with van der Waals surface area (Å²) in [7, 11) is 12.0. The number of fused-ring (bicyclic) bond motifs is 6. The van der Waals surface area contributed by atoms with E-state index in [2.05, 4.69) is 94.6 Å². The second kappa shape index (κ2) is 11.4. The molecule has 1 nitrogen and oxygen atoms in total. The van der Waals surface area contributed by atoms with Crippen LogP contribution >= 0.6 is 33.0 Å². The number of nitrogens with zero attached hydrogens (tertiary/aromatic N) is 1. The molecule has 0 saturated carbocycles. The quantitative estimate of drug-likeness (QED) is 0.148. The molecule has 0 radical (unpaired) electrons. The number of thiol groups is 1. The van der Waals surface area contributed by atoms with Crippen LogP contribution in [0.25, 0.3) is 17.7 Å². The Kier molecular flexibility index (Phi) is 9.14. The van der Waals surface area contributed by atoms with E-state index in [0.717, 1.165) is 10.9 Å². The van der Waals surface area contributed by atoms with Gasteiger partial charge < -0.3 is 18.4 Å². The molecule has 1 unspecified atom stereocenters. The van der Waals surface area contributed by atoms with Crippen molar-refractivity contribution in [3.05, 3.63) is 105 Å². The number of rotatable bonds is 0. The van der Waals surface area contributed by atoms with Crippen molar-refractivity contribution in [2.75, 3.05) is 11.9 Å². The molecular formula is C25H19BrCl2NSZr-3. The van der Waals surface area contributed by atoms with Crippen molar-refractivity contribution in [3.63, 3.8) is 0 Å². The topological polar surface area (TPSA) is 3.24 Å². The van der Waals surface area contributed by atoms with E-state index in [1.165, 1.54) is 39.1 Å². The zero-order valence-electron chi connectivity index (χ0n) is 16.7. The van der Waals surface area contributed by atoms with E-state index in [0.29, 0.717) is 6.04 Å². The minimum atomic E-state index is -0.826. The molecule has 158 valence electrons. The molecule has 6 rings (SSSR count). The maximum absolute atomic E-state index is 4.93. The first-order valence-corrected chi connectivity index (χ1v) is 16.6. The van der Waals surface area contributed by atoms with Crippen LogP contribution in [0.3, 0.4) is 0 Å². The van der Waals surface area contributed by atoms with Gasteiger partial charge in [0.15, 0.2) is 0 Å². The van der Waals surface area contributed by atoms with Gasteiger partial charge in [0, 0.05) is 10.5 Å². The van der Waals surface area contributed by atoms with Gasteiger partial charge in [0.05, 0.1) is 0 Å². The number of benzene rings is 3. The fourth-order valence-corrected chi connectivity index (χ4v) is 4.55. The van der Waals surface area contributed by atoms with Crippen LogP contribution in [0.4, 0.5) is 5.69 Å². The van der Waals surface area contributed by atoms with Gasteiger partial charge in [0.1, 0.15) is 0 Å². The van der Waals surface area contributed by atoms with Gasteiger partial charge in [-0.15, -0.1) is 77.4 Å². The third-order valence-electron chi connectivity index (χ3n) is 5.44. The monoisotopic (exact) mass is 604 g/mol. The average molecular weight is 608 g/mol. The Morgan fingerprint density at radius 2 is 1.84 bits per heavy atom. The van der Waals surface area contributed by atoms with Gasteiger partial charge in [-0.05, 0) is 36.0 Å².